The lowest BCUT2D eigenvalue weighted by atomic mass is 9.78. The minimum atomic E-state index is -0.937. The zero-order valence-electron chi connectivity index (χ0n) is 13.2. The Morgan fingerprint density at radius 3 is 2.50 bits per heavy atom. The Labute approximate surface area is 132 Å². The van der Waals surface area contributed by atoms with E-state index in [-0.39, 0.29) is 18.7 Å². The van der Waals surface area contributed by atoms with E-state index in [0.717, 1.165) is 38.0 Å². The number of piperidine rings is 3. The maximum Gasteiger partial charge on any atom is 0.319 e. The molecule has 4 rings (SSSR count). The second-order valence-electron chi connectivity index (χ2n) is 6.54. The highest BCUT2D eigenvalue weighted by Crippen LogP contribution is 2.34. The van der Waals surface area contributed by atoms with Crippen LogP contribution in [0.15, 0.2) is 30.3 Å². The summed E-state index contributed by atoms with van der Waals surface area (Å²) in [4.78, 5) is 15.2. The van der Waals surface area contributed by atoms with Crippen LogP contribution in [-0.2, 0) is 14.9 Å². The van der Waals surface area contributed by atoms with Crippen molar-refractivity contribution in [3.05, 3.63) is 35.9 Å². The van der Waals surface area contributed by atoms with Gasteiger partial charge >= 0.3 is 5.97 Å². The third-order valence-electron chi connectivity index (χ3n) is 5.45. The summed E-state index contributed by atoms with van der Waals surface area (Å²) in [5, 5.41) is 9.95. The van der Waals surface area contributed by atoms with Gasteiger partial charge in [0.15, 0.2) is 0 Å². The van der Waals surface area contributed by atoms with Crippen LogP contribution in [-0.4, -0.2) is 48.3 Å². The lowest BCUT2D eigenvalue weighted by Crippen LogP contribution is -2.54. The number of hydrogen-bond donors (Lipinski definition) is 1. The lowest BCUT2D eigenvalue weighted by molar-refractivity contribution is -0.167. The Balaban J connectivity index is 1.78. The molecule has 1 N–H and O–H groups in total. The van der Waals surface area contributed by atoms with Crippen LogP contribution in [0.25, 0.3) is 0 Å². The first-order valence-corrected chi connectivity index (χ1v) is 8.29. The number of rotatable bonds is 5. The molecule has 4 nitrogen and oxygen atoms in total. The molecule has 3 aliphatic heterocycles. The van der Waals surface area contributed by atoms with Gasteiger partial charge in [-0.2, -0.15) is 0 Å². The van der Waals surface area contributed by atoms with Crippen LogP contribution < -0.4 is 0 Å². The molecule has 4 heteroatoms. The molecule has 0 radical (unpaired) electrons. The summed E-state index contributed by atoms with van der Waals surface area (Å²) >= 11 is 0. The maximum absolute atomic E-state index is 12.9. The first-order chi connectivity index (χ1) is 10.7. The standard InChI is InChI=1S/C18H25NO3/c1-2-18(13-20,15-6-4-3-5-7-15)17(21)22-16-12-19-10-8-14(16)9-11-19/h3-7,14,16,20H,2,8-13H2,1H3/t16-,18+/m0/s1. The predicted molar refractivity (Wildman–Crippen MR) is 84.5 cm³/mol. The quantitative estimate of drug-likeness (QED) is 0.845. The van der Waals surface area contributed by atoms with E-state index < -0.39 is 5.41 Å². The van der Waals surface area contributed by atoms with Gasteiger partial charge in [-0.25, -0.2) is 0 Å². The zero-order valence-corrected chi connectivity index (χ0v) is 13.2. The van der Waals surface area contributed by atoms with Gasteiger partial charge in [-0.1, -0.05) is 37.3 Å². The Kier molecular flexibility index (Phi) is 4.50. The number of aliphatic hydroxyl groups is 1. The Bertz CT molecular complexity index is 504. The van der Waals surface area contributed by atoms with Gasteiger partial charge in [0.2, 0.25) is 0 Å². The van der Waals surface area contributed by atoms with E-state index in [0.29, 0.717) is 12.3 Å². The van der Waals surface area contributed by atoms with E-state index in [1.807, 2.05) is 37.3 Å². The number of ether oxygens (including phenoxy) is 1. The molecule has 0 aliphatic carbocycles. The van der Waals surface area contributed by atoms with Crippen molar-refractivity contribution in [1.29, 1.82) is 0 Å². The summed E-state index contributed by atoms with van der Waals surface area (Å²) < 4.78 is 5.89. The van der Waals surface area contributed by atoms with Crippen LogP contribution in [0.5, 0.6) is 0 Å². The molecule has 0 saturated carbocycles. The number of esters is 1. The minimum absolute atomic E-state index is 0.0174. The van der Waals surface area contributed by atoms with Gasteiger partial charge in [-0.3, -0.25) is 9.69 Å². The van der Waals surface area contributed by atoms with E-state index in [4.69, 9.17) is 4.74 Å². The number of benzene rings is 1. The fourth-order valence-electron chi connectivity index (χ4n) is 3.79. The summed E-state index contributed by atoms with van der Waals surface area (Å²) in [5.74, 6) is 0.209. The number of carbonyl (C=O) groups is 1. The lowest BCUT2D eigenvalue weighted by Gasteiger charge is -2.45. The van der Waals surface area contributed by atoms with E-state index >= 15 is 0 Å². The van der Waals surface area contributed by atoms with Gasteiger partial charge in [0.05, 0.1) is 6.61 Å². The largest absolute Gasteiger partial charge is 0.460 e. The van der Waals surface area contributed by atoms with Crippen LogP contribution >= 0.6 is 0 Å². The monoisotopic (exact) mass is 303 g/mol. The second kappa shape index (κ2) is 6.39. The molecule has 3 saturated heterocycles. The third kappa shape index (κ3) is 2.66. The smallest absolute Gasteiger partial charge is 0.319 e. The van der Waals surface area contributed by atoms with Gasteiger partial charge < -0.3 is 9.84 Å². The first-order valence-electron chi connectivity index (χ1n) is 8.29. The molecule has 1 aromatic carbocycles. The Morgan fingerprint density at radius 2 is 2.00 bits per heavy atom. The number of nitrogens with zero attached hydrogens (tertiary/aromatic N) is 1. The van der Waals surface area contributed by atoms with Gasteiger partial charge in [-0.05, 0) is 43.8 Å². The normalized spacial score (nSPS) is 29.8. The van der Waals surface area contributed by atoms with Crippen molar-refractivity contribution < 1.29 is 14.6 Å². The molecule has 2 atom stereocenters. The van der Waals surface area contributed by atoms with Crippen molar-refractivity contribution in [2.75, 3.05) is 26.2 Å². The van der Waals surface area contributed by atoms with Gasteiger partial charge in [0.1, 0.15) is 11.5 Å². The Hall–Kier alpha value is -1.39. The summed E-state index contributed by atoms with van der Waals surface area (Å²) in [7, 11) is 0. The molecule has 1 aromatic rings. The van der Waals surface area contributed by atoms with Crippen LogP contribution in [0.4, 0.5) is 0 Å². The molecule has 3 heterocycles. The topological polar surface area (TPSA) is 49.8 Å². The fraction of sp³-hybridized carbons (Fsp3) is 0.611. The molecule has 120 valence electrons. The first kappa shape index (κ1) is 15.5. The fourth-order valence-corrected chi connectivity index (χ4v) is 3.79. The number of aliphatic hydroxyl groups excluding tert-OH is 1. The van der Waals surface area contributed by atoms with Crippen molar-refractivity contribution in [2.24, 2.45) is 5.92 Å². The molecule has 22 heavy (non-hydrogen) atoms. The van der Waals surface area contributed by atoms with Crippen LogP contribution in [0.2, 0.25) is 0 Å². The average Bonchev–Trinajstić information content (AvgIpc) is 2.58. The summed E-state index contributed by atoms with van der Waals surface area (Å²) in [6.07, 6.45) is 2.74. The highest BCUT2D eigenvalue weighted by atomic mass is 16.5. The minimum Gasteiger partial charge on any atom is -0.460 e. The second-order valence-corrected chi connectivity index (χ2v) is 6.54. The summed E-state index contributed by atoms with van der Waals surface area (Å²) in [6.45, 7) is 4.80. The number of hydrogen-bond acceptors (Lipinski definition) is 4. The van der Waals surface area contributed by atoms with Crippen molar-refractivity contribution >= 4 is 5.97 Å². The maximum atomic E-state index is 12.9. The van der Waals surface area contributed by atoms with E-state index in [2.05, 4.69) is 4.90 Å². The van der Waals surface area contributed by atoms with E-state index in [1.165, 1.54) is 0 Å². The predicted octanol–water partition coefficient (Wildman–Crippen LogP) is 1.96. The molecule has 2 bridgehead atoms. The van der Waals surface area contributed by atoms with E-state index in [9.17, 15) is 9.90 Å². The van der Waals surface area contributed by atoms with Crippen molar-refractivity contribution in [1.82, 2.24) is 4.90 Å². The van der Waals surface area contributed by atoms with Crippen molar-refractivity contribution in [3.63, 3.8) is 0 Å². The summed E-state index contributed by atoms with van der Waals surface area (Å²) in [5.41, 5.74) is -0.0981. The van der Waals surface area contributed by atoms with Gasteiger partial charge in [-0.15, -0.1) is 0 Å². The molecule has 3 fully saturated rings. The molecular formula is C18H25NO3. The Morgan fingerprint density at radius 1 is 1.32 bits per heavy atom. The molecule has 0 spiro atoms. The molecule has 0 amide bonds. The van der Waals surface area contributed by atoms with Crippen LogP contribution in [0.1, 0.15) is 31.7 Å². The van der Waals surface area contributed by atoms with Crippen molar-refractivity contribution in [2.45, 2.75) is 37.7 Å². The average molecular weight is 303 g/mol. The van der Waals surface area contributed by atoms with Gasteiger partial charge in [0, 0.05) is 6.54 Å². The van der Waals surface area contributed by atoms with Gasteiger partial charge in [0.25, 0.3) is 0 Å². The zero-order chi connectivity index (χ0) is 15.6. The highest BCUT2D eigenvalue weighted by molar-refractivity contribution is 5.83. The molecule has 0 aromatic heterocycles. The van der Waals surface area contributed by atoms with E-state index in [1.54, 1.807) is 0 Å². The highest BCUT2D eigenvalue weighted by Gasteiger charge is 2.43. The number of fused-ring (bicyclic) bond motifs is 3. The third-order valence-corrected chi connectivity index (χ3v) is 5.45. The molecular weight excluding hydrogens is 278 g/mol. The SMILES string of the molecule is CC[C@](CO)(C(=O)O[C@H]1CN2CCC1CC2)c1ccccc1. The van der Waals surface area contributed by atoms with Crippen LogP contribution in [0, 0.1) is 5.92 Å². The molecule has 3 aliphatic rings. The molecule has 0 unspecified atom stereocenters. The van der Waals surface area contributed by atoms with Crippen LogP contribution in [0.3, 0.4) is 0 Å². The van der Waals surface area contributed by atoms with Crippen molar-refractivity contribution in [3.8, 4) is 0 Å². The number of carbonyl (C=O) groups excluding carboxylic acids is 1. The summed E-state index contributed by atoms with van der Waals surface area (Å²) in [6, 6.07) is 9.52.